The molecule has 5 aliphatic rings. The molecule has 2 saturated carbocycles. The molecular weight excluding hydrogens is 1320 g/mol. The Labute approximate surface area is 580 Å². The maximum atomic E-state index is 15.4. The molecule has 99 heavy (non-hydrogen) atoms. The highest BCUT2D eigenvalue weighted by Crippen LogP contribution is 2.39. The first-order valence-corrected chi connectivity index (χ1v) is 34.8. The van der Waals surface area contributed by atoms with E-state index in [2.05, 4.69) is 16.0 Å². The van der Waals surface area contributed by atoms with Gasteiger partial charge in [-0.2, -0.15) is 26.3 Å². The summed E-state index contributed by atoms with van der Waals surface area (Å²) in [7, 11) is 8.40. The largest absolute Gasteiger partial charge is 0.417 e. The molecule has 3 heterocycles. The summed E-state index contributed by atoms with van der Waals surface area (Å²) in [4.78, 5) is 173. The van der Waals surface area contributed by atoms with Crippen LogP contribution in [-0.4, -0.2) is 226 Å². The van der Waals surface area contributed by atoms with Crippen LogP contribution in [0, 0.1) is 17.8 Å². The number of aryl methyl sites for hydroxylation is 1. The molecule has 2 aromatic carbocycles. The fraction of sp³-hybridized carbons (Fsp3) is 0.671. The second kappa shape index (κ2) is 32.9. The molecule has 5 fully saturated rings. The summed E-state index contributed by atoms with van der Waals surface area (Å²) in [6.07, 6.45) is -5.39. The Kier molecular flexibility index (Phi) is 26.2. The number of rotatable bonds is 10. The first-order chi connectivity index (χ1) is 46.3. The lowest BCUT2D eigenvalue weighted by Crippen LogP contribution is -2.65. The molecule has 2 aliphatic carbocycles. The summed E-state index contributed by atoms with van der Waals surface area (Å²) >= 11 is 6.12. The SMILES string of the molecule is CC[C@H](C)[C@@H]1NC(=O)[C@H](CC(C)C)N(C)C(=O)C[C@@H](C)N(C)C(=O)[C@H](C2CCCC2)N(C)C(=O)C2(CCCC2)NC(=O)[C@@H]2CCCN2C(=O)[C@H](CCc2ccc(C(F)(F)F)c(Cl)c2)NC(=O)CN(C)C(=O)[C@H](Cc2ccc(C(F)(F)F)cc2)N(C)C(=O)[C@@H]2CCN2C(=O)[C@H](C)N(C)C1=O. The Hall–Kier alpha value is -7.52. The van der Waals surface area contributed by atoms with E-state index in [0.29, 0.717) is 32.1 Å². The van der Waals surface area contributed by atoms with Gasteiger partial charge in [0.05, 0.1) is 22.7 Å². The Morgan fingerprint density at radius 3 is 1.79 bits per heavy atom. The maximum absolute atomic E-state index is 15.4. The zero-order valence-electron chi connectivity index (χ0n) is 58.8. The third-order valence-corrected chi connectivity index (χ3v) is 21.5. The van der Waals surface area contributed by atoms with Gasteiger partial charge in [-0.1, -0.05) is 89.6 Å². The van der Waals surface area contributed by atoms with E-state index in [-0.39, 0.29) is 93.8 Å². The molecule has 11 amide bonds. The van der Waals surface area contributed by atoms with Crippen molar-refractivity contribution < 1.29 is 79.1 Å². The van der Waals surface area contributed by atoms with E-state index in [1.165, 1.54) is 66.7 Å². The number of nitrogens with zero attached hydrogens (tertiary/aromatic N) is 8. The van der Waals surface area contributed by atoms with E-state index in [4.69, 9.17) is 11.6 Å². The fourth-order valence-electron chi connectivity index (χ4n) is 14.4. The van der Waals surface area contributed by atoms with Crippen LogP contribution < -0.4 is 16.0 Å². The van der Waals surface area contributed by atoms with E-state index in [0.717, 1.165) is 70.0 Å². The highest BCUT2D eigenvalue weighted by Gasteiger charge is 2.52. The number of fused-ring (bicyclic) bond motifs is 2. The predicted octanol–water partition coefficient (Wildman–Crippen LogP) is 6.86. The zero-order chi connectivity index (χ0) is 73.5. The normalized spacial score (nSPS) is 27.0. The van der Waals surface area contributed by atoms with Gasteiger partial charge >= 0.3 is 12.4 Å². The van der Waals surface area contributed by atoms with Crippen LogP contribution in [0.2, 0.25) is 5.02 Å². The minimum absolute atomic E-state index is 0.0102. The van der Waals surface area contributed by atoms with Crippen molar-refractivity contribution in [2.24, 2.45) is 17.8 Å². The van der Waals surface area contributed by atoms with Crippen molar-refractivity contribution >= 4 is 76.6 Å². The average Bonchev–Trinajstić information content (AvgIpc) is 1.60. The van der Waals surface area contributed by atoms with Crippen LogP contribution in [-0.2, 0) is 77.9 Å². The molecule has 0 unspecified atom stereocenters. The standard InChI is InChI=1S/C70H98ClF6N11O11/c1-13-41(4)57-65(97)83(9)43(6)61(93)88-34-30-52(88)64(96)85(11)54(38-45-22-26-47(27-23-45)69(72,73)74)63(95)81(7)39-55(89)78-50(29-25-44-24-28-48(49(71)37-44)70(75,76)77)62(94)87-33-18-21-51(87)60(92)80-68(31-16-17-32-68)67(99)86(12)58(46-19-14-15-20-46)66(98)82(8)42(5)36-56(90)84(10)53(35-40(2)3)59(91)79-57/h22-24,26-28,37,40-43,46,50-54,57-58H,13-21,25,29-36,38-39H2,1-12H3,(H,78,89)(H,79,91)(H,80,92)/t41-,42+,43-,50-,51-,52-,53-,54-,57-,58-/m0/s1. The van der Waals surface area contributed by atoms with Crippen LogP contribution in [0.3, 0.4) is 0 Å². The van der Waals surface area contributed by atoms with Crippen LogP contribution in [0.1, 0.15) is 160 Å². The van der Waals surface area contributed by atoms with Crippen LogP contribution in [0.15, 0.2) is 42.5 Å². The van der Waals surface area contributed by atoms with E-state index < -0.39 is 172 Å². The van der Waals surface area contributed by atoms with Crippen LogP contribution in [0.25, 0.3) is 0 Å². The van der Waals surface area contributed by atoms with Crippen molar-refractivity contribution in [2.75, 3.05) is 61.9 Å². The number of carbonyl (C=O) groups excluding carboxylic acids is 11. The van der Waals surface area contributed by atoms with Crippen LogP contribution >= 0.6 is 11.6 Å². The lowest BCUT2D eigenvalue weighted by Gasteiger charge is -2.45. The number of halogens is 7. The lowest BCUT2D eigenvalue weighted by molar-refractivity contribution is -0.160. The van der Waals surface area contributed by atoms with E-state index in [1.807, 2.05) is 20.8 Å². The molecule has 2 aromatic rings. The molecule has 1 spiro atoms. The van der Waals surface area contributed by atoms with Crippen LogP contribution in [0.5, 0.6) is 0 Å². The molecule has 0 aromatic heterocycles. The number of carbonyl (C=O) groups is 11. The number of likely N-dealkylation sites (N-methyl/N-ethyl adjacent to an activating group) is 6. The smallest absolute Gasteiger partial charge is 0.343 e. The second-order valence-corrected chi connectivity index (χ2v) is 28.8. The quantitative estimate of drug-likeness (QED) is 0.207. The van der Waals surface area contributed by atoms with Gasteiger partial charge in [0.2, 0.25) is 65.0 Å². The minimum atomic E-state index is -4.80. The summed E-state index contributed by atoms with van der Waals surface area (Å²) in [5.74, 6) is -8.52. The minimum Gasteiger partial charge on any atom is -0.343 e. The molecule has 29 heteroatoms. The second-order valence-electron chi connectivity index (χ2n) is 28.4. The molecule has 3 N–H and O–H groups in total. The summed E-state index contributed by atoms with van der Waals surface area (Å²) in [6.45, 7) is 9.64. The number of amides is 11. The lowest BCUT2D eigenvalue weighted by atomic mass is 9.90. The van der Waals surface area contributed by atoms with E-state index in [1.54, 1.807) is 20.9 Å². The first-order valence-electron chi connectivity index (χ1n) is 34.5. The number of benzene rings is 2. The van der Waals surface area contributed by atoms with Crippen molar-refractivity contribution in [3.05, 3.63) is 69.7 Å². The molecule has 3 saturated heterocycles. The molecule has 10 atom stereocenters. The van der Waals surface area contributed by atoms with Gasteiger partial charge in [-0.25, -0.2) is 0 Å². The summed E-state index contributed by atoms with van der Waals surface area (Å²) < 4.78 is 83.0. The highest BCUT2D eigenvalue weighted by atomic mass is 35.5. The van der Waals surface area contributed by atoms with Gasteiger partial charge in [0, 0.05) is 74.3 Å². The number of nitrogens with one attached hydrogen (secondary N) is 3. The monoisotopic (exact) mass is 1420 g/mol. The van der Waals surface area contributed by atoms with Gasteiger partial charge in [0.1, 0.15) is 53.9 Å². The zero-order valence-corrected chi connectivity index (χ0v) is 59.6. The van der Waals surface area contributed by atoms with Gasteiger partial charge in [-0.05, 0) is 131 Å². The Morgan fingerprint density at radius 2 is 1.22 bits per heavy atom. The Morgan fingerprint density at radius 1 is 0.606 bits per heavy atom. The van der Waals surface area contributed by atoms with Crippen LogP contribution in [0.4, 0.5) is 26.3 Å². The van der Waals surface area contributed by atoms with E-state index in [9.17, 15) is 64.7 Å². The molecule has 7 rings (SSSR count). The Bertz CT molecular complexity index is 3310. The third kappa shape index (κ3) is 18.3. The summed E-state index contributed by atoms with van der Waals surface area (Å²) in [5.41, 5.74) is -3.24. The molecule has 548 valence electrons. The van der Waals surface area contributed by atoms with Crippen molar-refractivity contribution in [1.82, 2.24) is 55.1 Å². The van der Waals surface area contributed by atoms with Gasteiger partial charge in [0.15, 0.2) is 0 Å². The van der Waals surface area contributed by atoms with E-state index >= 15 is 14.4 Å². The number of alkyl halides is 6. The predicted molar refractivity (Wildman–Crippen MR) is 355 cm³/mol. The number of hydrogen-bond donors (Lipinski definition) is 3. The van der Waals surface area contributed by atoms with Gasteiger partial charge in [-0.3, -0.25) is 52.7 Å². The van der Waals surface area contributed by atoms with Gasteiger partial charge in [0.25, 0.3) is 0 Å². The number of hydrogen-bond acceptors (Lipinski definition) is 11. The van der Waals surface area contributed by atoms with Gasteiger partial charge in [-0.15, -0.1) is 0 Å². The van der Waals surface area contributed by atoms with Crippen molar-refractivity contribution in [1.29, 1.82) is 0 Å². The molecule has 0 radical (unpaired) electrons. The molecule has 22 nitrogen and oxygen atoms in total. The van der Waals surface area contributed by atoms with Crippen molar-refractivity contribution in [2.45, 2.75) is 223 Å². The van der Waals surface area contributed by atoms with Gasteiger partial charge < -0.3 is 55.1 Å². The topological polar surface area (TPSA) is 250 Å². The fourth-order valence-corrected chi connectivity index (χ4v) is 14.7. The highest BCUT2D eigenvalue weighted by molar-refractivity contribution is 6.31. The van der Waals surface area contributed by atoms with Crippen molar-refractivity contribution in [3.8, 4) is 0 Å². The molecule has 3 aliphatic heterocycles. The maximum Gasteiger partial charge on any atom is 0.417 e. The summed E-state index contributed by atoms with van der Waals surface area (Å²) in [6, 6.07) is -4.02. The Balaban J connectivity index is 1.28. The summed E-state index contributed by atoms with van der Waals surface area (Å²) in [5, 5.41) is 7.97. The third-order valence-electron chi connectivity index (χ3n) is 21.2. The first kappa shape index (κ1) is 78.8. The molecule has 0 bridgehead atoms. The molecular formula is C70H98ClF6N11O11. The average molecular weight is 1420 g/mol. The van der Waals surface area contributed by atoms with Crippen molar-refractivity contribution in [3.63, 3.8) is 0 Å².